The predicted molar refractivity (Wildman–Crippen MR) is 143 cm³/mol. The molecule has 43 heavy (non-hydrogen) atoms. The van der Waals surface area contributed by atoms with Crippen LogP contribution in [0.15, 0.2) is 48.8 Å². The van der Waals surface area contributed by atoms with Gasteiger partial charge < -0.3 is 20.0 Å². The SMILES string of the molecule is NC(=O)[C@@]1(F)COc2c1cc([C@@](O)(CCC(=O)c1cc(Cl)c3nc(C4CC4)cn3c1)C(F)(F)F)nc2-c1ccc(F)cc1. The Hall–Kier alpha value is -4.10. The molecule has 14 heteroatoms. The second kappa shape index (κ2) is 9.98. The molecule has 4 aromatic rings. The van der Waals surface area contributed by atoms with Crippen molar-refractivity contribution in [3.63, 3.8) is 0 Å². The molecule has 1 fully saturated rings. The molecule has 1 aliphatic heterocycles. The number of carbonyl (C=O) groups excluding carboxylic acids is 2. The average Bonchev–Trinajstić information content (AvgIpc) is 3.62. The van der Waals surface area contributed by atoms with Crippen molar-refractivity contribution in [2.45, 2.75) is 49.0 Å². The summed E-state index contributed by atoms with van der Waals surface area (Å²) in [7, 11) is 0. The molecule has 0 spiro atoms. The number of ether oxygens (including phenoxy) is 1. The van der Waals surface area contributed by atoms with Crippen LogP contribution in [0.4, 0.5) is 22.0 Å². The lowest BCUT2D eigenvalue weighted by molar-refractivity contribution is -0.270. The van der Waals surface area contributed by atoms with Crippen LogP contribution in [0.5, 0.6) is 5.75 Å². The van der Waals surface area contributed by atoms with Crippen LogP contribution >= 0.6 is 11.6 Å². The second-order valence-electron chi connectivity index (χ2n) is 10.7. The van der Waals surface area contributed by atoms with Gasteiger partial charge >= 0.3 is 6.18 Å². The predicted octanol–water partition coefficient (Wildman–Crippen LogP) is 5.52. The van der Waals surface area contributed by atoms with E-state index in [9.17, 15) is 32.3 Å². The maximum absolute atomic E-state index is 15.7. The minimum absolute atomic E-state index is 0.0133. The van der Waals surface area contributed by atoms with E-state index in [1.807, 2.05) is 0 Å². The first-order valence-electron chi connectivity index (χ1n) is 13.2. The quantitative estimate of drug-likeness (QED) is 0.198. The van der Waals surface area contributed by atoms with E-state index >= 15 is 4.39 Å². The van der Waals surface area contributed by atoms with E-state index in [0.29, 0.717) is 17.6 Å². The zero-order valence-electron chi connectivity index (χ0n) is 22.1. The fourth-order valence-corrected chi connectivity index (χ4v) is 5.36. The average molecular weight is 621 g/mol. The van der Waals surface area contributed by atoms with Crippen LogP contribution in [0, 0.1) is 5.82 Å². The van der Waals surface area contributed by atoms with Crippen LogP contribution in [0.2, 0.25) is 5.02 Å². The molecule has 224 valence electrons. The largest absolute Gasteiger partial charge is 0.487 e. The number of amides is 1. The summed E-state index contributed by atoms with van der Waals surface area (Å²) in [5, 5.41) is 11.3. The molecule has 0 saturated heterocycles. The number of carbonyl (C=O) groups is 2. The van der Waals surface area contributed by atoms with Crippen molar-refractivity contribution in [2.24, 2.45) is 5.73 Å². The van der Waals surface area contributed by atoms with Crippen LogP contribution in [-0.4, -0.2) is 43.9 Å². The number of aliphatic hydroxyl groups is 1. The van der Waals surface area contributed by atoms with Gasteiger partial charge in [0.05, 0.1) is 16.4 Å². The Labute approximate surface area is 245 Å². The molecule has 1 aliphatic carbocycles. The van der Waals surface area contributed by atoms with Gasteiger partial charge in [-0.15, -0.1) is 0 Å². The van der Waals surface area contributed by atoms with Crippen LogP contribution in [0.1, 0.15) is 58.9 Å². The third-order valence-corrected chi connectivity index (χ3v) is 8.05. The first kappa shape index (κ1) is 29.0. The number of hydrogen-bond donors (Lipinski definition) is 2. The van der Waals surface area contributed by atoms with Crippen molar-refractivity contribution in [1.29, 1.82) is 0 Å². The lowest BCUT2D eigenvalue weighted by Gasteiger charge is -2.31. The summed E-state index contributed by atoms with van der Waals surface area (Å²) in [6.07, 6.45) is -2.40. The van der Waals surface area contributed by atoms with E-state index in [0.717, 1.165) is 42.8 Å². The highest BCUT2D eigenvalue weighted by molar-refractivity contribution is 6.33. The summed E-state index contributed by atoms with van der Waals surface area (Å²) in [4.78, 5) is 33.6. The highest BCUT2D eigenvalue weighted by Gasteiger charge is 2.58. The molecule has 0 radical (unpaired) electrons. The second-order valence-corrected chi connectivity index (χ2v) is 11.1. The van der Waals surface area contributed by atoms with Crippen molar-refractivity contribution in [3.05, 3.63) is 82.1 Å². The Morgan fingerprint density at radius 3 is 2.47 bits per heavy atom. The molecule has 4 heterocycles. The number of aromatic nitrogens is 3. The van der Waals surface area contributed by atoms with Crippen LogP contribution in [0.25, 0.3) is 16.9 Å². The maximum Gasteiger partial charge on any atom is 0.422 e. The van der Waals surface area contributed by atoms with E-state index in [4.69, 9.17) is 22.1 Å². The third kappa shape index (κ3) is 4.89. The number of benzene rings is 1. The Kier molecular flexibility index (Phi) is 6.73. The molecule has 8 nitrogen and oxygen atoms in total. The van der Waals surface area contributed by atoms with E-state index in [1.165, 1.54) is 16.7 Å². The summed E-state index contributed by atoms with van der Waals surface area (Å²) in [5.41, 5.74) is -2.57. The first-order valence-corrected chi connectivity index (χ1v) is 13.5. The summed E-state index contributed by atoms with van der Waals surface area (Å²) in [6, 6.07) is 6.16. The van der Waals surface area contributed by atoms with E-state index in [2.05, 4.69) is 9.97 Å². The van der Waals surface area contributed by atoms with Crippen LogP contribution < -0.4 is 10.5 Å². The lowest BCUT2D eigenvalue weighted by atomic mass is 9.86. The van der Waals surface area contributed by atoms with Crippen LogP contribution in [0.3, 0.4) is 0 Å². The fourth-order valence-electron chi connectivity index (χ4n) is 5.10. The number of imidazole rings is 1. The van der Waals surface area contributed by atoms with Gasteiger partial charge in [0.2, 0.25) is 5.60 Å². The molecule has 1 amide bonds. The molecule has 6 rings (SSSR count). The van der Waals surface area contributed by atoms with Crippen molar-refractivity contribution in [3.8, 4) is 17.0 Å². The fraction of sp³-hybridized carbons (Fsp3) is 0.310. The number of hydrogen-bond acceptors (Lipinski definition) is 6. The monoisotopic (exact) mass is 620 g/mol. The smallest absolute Gasteiger partial charge is 0.422 e. The molecule has 3 aromatic heterocycles. The van der Waals surface area contributed by atoms with Gasteiger partial charge in [-0.05, 0) is 55.7 Å². The Morgan fingerprint density at radius 1 is 1.14 bits per heavy atom. The number of halogens is 6. The maximum atomic E-state index is 15.7. The summed E-state index contributed by atoms with van der Waals surface area (Å²) < 4.78 is 79.9. The van der Waals surface area contributed by atoms with Crippen molar-refractivity contribution in [1.82, 2.24) is 14.4 Å². The molecule has 3 N–H and O–H groups in total. The molecular formula is C29H22ClF5N4O4. The Bertz CT molecular complexity index is 1790. The highest BCUT2D eigenvalue weighted by atomic mass is 35.5. The normalized spacial score (nSPS) is 19.6. The summed E-state index contributed by atoms with van der Waals surface area (Å²) in [6.45, 7) is -0.945. The topological polar surface area (TPSA) is 120 Å². The summed E-state index contributed by atoms with van der Waals surface area (Å²) in [5.74, 6) is -3.06. The van der Waals surface area contributed by atoms with Gasteiger partial charge in [-0.1, -0.05) is 11.6 Å². The minimum atomic E-state index is -5.41. The number of pyridine rings is 2. The van der Waals surface area contributed by atoms with Gasteiger partial charge in [-0.2, -0.15) is 13.2 Å². The van der Waals surface area contributed by atoms with Gasteiger partial charge in [-0.3, -0.25) is 9.59 Å². The standard InChI is InChI=1S/C29H22ClF5N4O4/c30-19-9-16(11-39-12-20(14-1-2-14)37-25(19)39)21(40)7-8-28(42,29(33,34)35)22-10-18-24(43-13-27(18,32)26(36)41)23(38-22)15-3-5-17(31)6-4-15/h3-6,9-12,14,42H,1-2,7-8,13H2,(H2,36,41)/t27-,28+/m1/s1. The van der Waals surface area contributed by atoms with Gasteiger partial charge in [-0.25, -0.2) is 18.7 Å². The van der Waals surface area contributed by atoms with Gasteiger partial charge in [0.1, 0.15) is 18.1 Å². The number of fused-ring (bicyclic) bond motifs is 2. The number of rotatable bonds is 8. The summed E-state index contributed by atoms with van der Waals surface area (Å²) >= 11 is 6.31. The number of Topliss-reactive ketones (excluding diaryl/α,β-unsaturated/α-hetero) is 1. The van der Waals surface area contributed by atoms with E-state index in [1.54, 1.807) is 6.20 Å². The zero-order valence-corrected chi connectivity index (χ0v) is 22.8. The van der Waals surface area contributed by atoms with Crippen molar-refractivity contribution < 1.29 is 41.4 Å². The van der Waals surface area contributed by atoms with Gasteiger partial charge in [0, 0.05) is 41.4 Å². The molecule has 2 aliphatic rings. The third-order valence-electron chi connectivity index (χ3n) is 7.77. The van der Waals surface area contributed by atoms with Crippen molar-refractivity contribution >= 4 is 28.9 Å². The number of alkyl halides is 4. The van der Waals surface area contributed by atoms with Gasteiger partial charge in [0.15, 0.2) is 17.2 Å². The van der Waals surface area contributed by atoms with E-state index < -0.39 is 65.7 Å². The molecular weight excluding hydrogens is 599 g/mol. The van der Waals surface area contributed by atoms with E-state index in [-0.39, 0.29) is 27.6 Å². The molecule has 0 unspecified atom stereocenters. The lowest BCUT2D eigenvalue weighted by Crippen LogP contribution is -2.44. The highest BCUT2D eigenvalue weighted by Crippen LogP contribution is 2.49. The number of primary amides is 1. The number of nitrogens with zero attached hydrogens (tertiary/aromatic N) is 3. The Balaban J connectivity index is 1.39. The number of nitrogens with two attached hydrogens (primary N) is 1. The Morgan fingerprint density at radius 2 is 1.84 bits per heavy atom. The molecule has 2 atom stereocenters. The van der Waals surface area contributed by atoms with Crippen LogP contribution in [-0.2, 0) is 16.1 Å². The molecule has 1 saturated carbocycles. The molecule has 1 aromatic carbocycles. The van der Waals surface area contributed by atoms with Gasteiger partial charge in [0.25, 0.3) is 11.6 Å². The molecule has 0 bridgehead atoms. The first-order chi connectivity index (χ1) is 20.2. The minimum Gasteiger partial charge on any atom is -0.487 e. The van der Waals surface area contributed by atoms with Crippen molar-refractivity contribution in [2.75, 3.05) is 6.61 Å². The number of ketones is 1. The zero-order chi connectivity index (χ0) is 30.9.